The molecule has 0 fully saturated rings. The zero-order valence-electron chi connectivity index (χ0n) is 13.6. The molecule has 0 bridgehead atoms. The van der Waals surface area contributed by atoms with Crippen molar-refractivity contribution in [3.05, 3.63) is 76.1 Å². The van der Waals surface area contributed by atoms with Gasteiger partial charge in [-0.3, -0.25) is 4.79 Å². The summed E-state index contributed by atoms with van der Waals surface area (Å²) in [5, 5.41) is 5.53. The fraction of sp³-hybridized carbons (Fsp3) is 0.158. The van der Waals surface area contributed by atoms with Crippen molar-refractivity contribution in [1.82, 2.24) is 10.3 Å². The third kappa shape index (κ3) is 5.14. The van der Waals surface area contributed by atoms with Gasteiger partial charge in [-0.15, -0.1) is 11.3 Å². The second-order valence-electron chi connectivity index (χ2n) is 5.50. The molecule has 0 aliphatic heterocycles. The summed E-state index contributed by atoms with van der Waals surface area (Å²) in [5.74, 6) is 0.626. The van der Waals surface area contributed by atoms with Crippen molar-refractivity contribution in [3.63, 3.8) is 0 Å². The van der Waals surface area contributed by atoms with Crippen LogP contribution in [0.15, 0.2) is 60.1 Å². The molecule has 0 radical (unpaired) electrons. The molecule has 2 heterocycles. The van der Waals surface area contributed by atoms with Gasteiger partial charge in [0.25, 0.3) is 0 Å². The van der Waals surface area contributed by atoms with Crippen molar-refractivity contribution in [3.8, 4) is 11.6 Å². The Morgan fingerprint density at radius 3 is 2.64 bits per heavy atom. The van der Waals surface area contributed by atoms with Crippen molar-refractivity contribution < 1.29 is 9.53 Å². The number of primary amides is 1. The summed E-state index contributed by atoms with van der Waals surface area (Å²) in [6, 6.07) is 15.3. The quantitative estimate of drug-likeness (QED) is 0.609. The first-order chi connectivity index (χ1) is 12.2. The Morgan fingerprint density at radius 2 is 2.00 bits per heavy atom. The number of hydrogen-bond donors (Lipinski definition) is 2. The van der Waals surface area contributed by atoms with E-state index in [2.05, 4.69) is 27.8 Å². The van der Waals surface area contributed by atoms with Crippen LogP contribution in [-0.4, -0.2) is 17.4 Å². The van der Waals surface area contributed by atoms with Gasteiger partial charge >= 0.3 is 0 Å². The van der Waals surface area contributed by atoms with Crippen LogP contribution in [0, 0.1) is 0 Å². The lowest BCUT2D eigenvalue weighted by Gasteiger charge is -2.07. The molecule has 0 spiro atoms. The van der Waals surface area contributed by atoms with Crippen LogP contribution in [0.1, 0.15) is 20.8 Å². The summed E-state index contributed by atoms with van der Waals surface area (Å²) in [6.07, 6.45) is 2.36. The molecule has 25 heavy (non-hydrogen) atoms. The Kier molecular flexibility index (Phi) is 5.77. The van der Waals surface area contributed by atoms with Crippen LogP contribution in [0.3, 0.4) is 0 Å². The zero-order chi connectivity index (χ0) is 17.5. The molecule has 0 aliphatic rings. The normalized spacial score (nSPS) is 10.6. The fourth-order valence-corrected chi connectivity index (χ4v) is 2.96. The van der Waals surface area contributed by atoms with E-state index in [9.17, 15) is 4.79 Å². The Hall–Kier alpha value is -2.70. The zero-order valence-corrected chi connectivity index (χ0v) is 14.5. The van der Waals surface area contributed by atoms with E-state index in [1.165, 1.54) is 16.6 Å². The highest BCUT2D eigenvalue weighted by Gasteiger charge is 2.03. The van der Waals surface area contributed by atoms with E-state index in [1.54, 1.807) is 23.5 Å². The SMILES string of the molecule is NC(=O)c1ccc(Oc2ccc(CCNCc3cccs3)cc2)nc1. The smallest absolute Gasteiger partial charge is 0.250 e. The summed E-state index contributed by atoms with van der Waals surface area (Å²) < 4.78 is 5.67. The topological polar surface area (TPSA) is 77.2 Å². The predicted molar refractivity (Wildman–Crippen MR) is 99.0 cm³/mol. The maximum Gasteiger partial charge on any atom is 0.250 e. The molecule has 3 N–H and O–H groups in total. The average molecular weight is 353 g/mol. The Bertz CT molecular complexity index is 800. The third-order valence-electron chi connectivity index (χ3n) is 3.64. The molecule has 1 aromatic carbocycles. The van der Waals surface area contributed by atoms with Crippen molar-refractivity contribution >= 4 is 17.2 Å². The van der Waals surface area contributed by atoms with Gasteiger partial charge in [-0.05, 0) is 48.2 Å². The molecule has 0 aliphatic carbocycles. The minimum absolute atomic E-state index is 0.359. The standard InChI is InChI=1S/C19H19N3O2S/c20-19(23)15-5-8-18(22-12-15)24-16-6-3-14(4-7-16)9-10-21-13-17-2-1-11-25-17/h1-8,11-12,21H,9-10,13H2,(H2,20,23). The molecule has 3 rings (SSSR count). The molecule has 0 unspecified atom stereocenters. The number of rotatable bonds is 8. The van der Waals surface area contributed by atoms with E-state index in [4.69, 9.17) is 10.5 Å². The number of hydrogen-bond acceptors (Lipinski definition) is 5. The maximum atomic E-state index is 11.0. The van der Waals surface area contributed by atoms with Crippen LogP contribution in [0.5, 0.6) is 11.6 Å². The van der Waals surface area contributed by atoms with Crippen LogP contribution in [0.25, 0.3) is 0 Å². The van der Waals surface area contributed by atoms with E-state index >= 15 is 0 Å². The second kappa shape index (κ2) is 8.41. The number of nitrogens with one attached hydrogen (secondary N) is 1. The lowest BCUT2D eigenvalue weighted by atomic mass is 10.1. The van der Waals surface area contributed by atoms with Crippen molar-refractivity contribution in [2.24, 2.45) is 5.73 Å². The maximum absolute atomic E-state index is 11.0. The Balaban J connectivity index is 1.47. The summed E-state index contributed by atoms with van der Waals surface area (Å²) in [6.45, 7) is 1.83. The van der Waals surface area contributed by atoms with E-state index in [1.807, 2.05) is 24.3 Å². The van der Waals surface area contributed by atoms with Crippen molar-refractivity contribution in [1.29, 1.82) is 0 Å². The lowest BCUT2D eigenvalue weighted by Crippen LogP contribution is -2.15. The third-order valence-corrected chi connectivity index (χ3v) is 4.51. The Morgan fingerprint density at radius 1 is 1.16 bits per heavy atom. The molecular formula is C19H19N3O2S. The molecule has 1 amide bonds. The van der Waals surface area contributed by atoms with Gasteiger partial charge < -0.3 is 15.8 Å². The molecule has 0 atom stereocenters. The van der Waals surface area contributed by atoms with Crippen LogP contribution in [0.4, 0.5) is 0 Å². The van der Waals surface area contributed by atoms with Crippen LogP contribution in [0.2, 0.25) is 0 Å². The van der Waals surface area contributed by atoms with E-state index in [-0.39, 0.29) is 0 Å². The number of pyridine rings is 1. The monoisotopic (exact) mass is 353 g/mol. The van der Waals surface area contributed by atoms with Crippen LogP contribution in [-0.2, 0) is 13.0 Å². The summed E-state index contributed by atoms with van der Waals surface area (Å²) in [7, 11) is 0. The number of carbonyl (C=O) groups excluding carboxylic acids is 1. The molecule has 0 saturated heterocycles. The molecule has 2 aromatic heterocycles. The van der Waals surface area contributed by atoms with Crippen molar-refractivity contribution in [2.75, 3.05) is 6.54 Å². The first-order valence-corrected chi connectivity index (χ1v) is 8.84. The minimum Gasteiger partial charge on any atom is -0.439 e. The largest absolute Gasteiger partial charge is 0.439 e. The van der Waals surface area contributed by atoms with Gasteiger partial charge in [-0.2, -0.15) is 0 Å². The van der Waals surface area contributed by atoms with Crippen molar-refractivity contribution in [2.45, 2.75) is 13.0 Å². The van der Waals surface area contributed by atoms with Gasteiger partial charge in [0, 0.05) is 23.7 Å². The minimum atomic E-state index is -0.504. The number of nitrogens with two attached hydrogens (primary N) is 1. The molecule has 5 nitrogen and oxygen atoms in total. The first-order valence-electron chi connectivity index (χ1n) is 7.96. The summed E-state index contributed by atoms with van der Waals surface area (Å²) in [4.78, 5) is 16.4. The number of ether oxygens (including phenoxy) is 1. The number of benzene rings is 1. The fourth-order valence-electron chi connectivity index (χ4n) is 2.29. The highest BCUT2D eigenvalue weighted by atomic mass is 32.1. The Labute approximate surface area is 150 Å². The number of thiophene rings is 1. The predicted octanol–water partition coefficient (Wildman–Crippen LogP) is 3.37. The van der Waals surface area contributed by atoms with Crippen LogP contribution >= 0.6 is 11.3 Å². The molecule has 0 saturated carbocycles. The van der Waals surface area contributed by atoms with E-state index < -0.39 is 5.91 Å². The van der Waals surface area contributed by atoms with E-state index in [0.29, 0.717) is 17.2 Å². The number of aromatic nitrogens is 1. The molecule has 3 aromatic rings. The average Bonchev–Trinajstić information content (AvgIpc) is 3.14. The highest BCUT2D eigenvalue weighted by Crippen LogP contribution is 2.20. The number of carbonyl (C=O) groups is 1. The van der Waals surface area contributed by atoms with Gasteiger partial charge in [0.1, 0.15) is 5.75 Å². The second-order valence-corrected chi connectivity index (χ2v) is 6.53. The molecule has 6 heteroatoms. The van der Waals surface area contributed by atoms with Gasteiger partial charge in [-0.25, -0.2) is 4.98 Å². The number of amides is 1. The van der Waals surface area contributed by atoms with Gasteiger partial charge in [0.15, 0.2) is 0 Å². The van der Waals surface area contributed by atoms with Gasteiger partial charge in [0.2, 0.25) is 11.8 Å². The first kappa shape index (κ1) is 17.1. The summed E-state index contributed by atoms with van der Waals surface area (Å²) >= 11 is 1.76. The lowest BCUT2D eigenvalue weighted by molar-refractivity contribution is 0.1000. The number of nitrogens with zero attached hydrogens (tertiary/aromatic N) is 1. The highest BCUT2D eigenvalue weighted by molar-refractivity contribution is 7.09. The summed E-state index contributed by atoms with van der Waals surface area (Å²) in [5.41, 5.74) is 6.78. The molecule has 128 valence electrons. The van der Waals surface area contributed by atoms with Crippen LogP contribution < -0.4 is 15.8 Å². The molecular weight excluding hydrogens is 334 g/mol. The van der Waals surface area contributed by atoms with Gasteiger partial charge in [0.05, 0.1) is 5.56 Å². The van der Waals surface area contributed by atoms with Gasteiger partial charge in [-0.1, -0.05) is 18.2 Å². The van der Waals surface area contributed by atoms with E-state index in [0.717, 1.165) is 19.5 Å².